The molecule has 0 radical (unpaired) electrons. The van der Waals surface area contributed by atoms with E-state index in [1.807, 2.05) is 18.2 Å². The van der Waals surface area contributed by atoms with Gasteiger partial charge >= 0.3 is 5.97 Å². The summed E-state index contributed by atoms with van der Waals surface area (Å²) < 4.78 is 5.12. The molecule has 1 aromatic carbocycles. The Morgan fingerprint density at radius 3 is 2.68 bits per heavy atom. The first-order valence-electron chi connectivity index (χ1n) is 8.70. The molecule has 0 spiro atoms. The molecule has 0 aromatic heterocycles. The van der Waals surface area contributed by atoms with Crippen molar-refractivity contribution in [1.29, 1.82) is 0 Å². The third-order valence-corrected chi connectivity index (χ3v) is 4.70. The SMILES string of the molecule is COc1cccc(/C=C/C(=O)NOC(=O)CC2CCC(C)(C)CC2)c1. The Hall–Kier alpha value is -2.30. The van der Waals surface area contributed by atoms with Crippen LogP contribution in [-0.4, -0.2) is 19.0 Å². The number of benzene rings is 1. The Balaban J connectivity index is 1.72. The van der Waals surface area contributed by atoms with Crippen molar-refractivity contribution in [2.75, 3.05) is 7.11 Å². The second-order valence-electron chi connectivity index (χ2n) is 7.36. The Morgan fingerprint density at radius 2 is 2.00 bits per heavy atom. The van der Waals surface area contributed by atoms with E-state index in [0.717, 1.165) is 31.2 Å². The van der Waals surface area contributed by atoms with Crippen molar-refractivity contribution >= 4 is 18.0 Å². The highest BCUT2D eigenvalue weighted by Gasteiger charge is 2.28. The molecule has 0 atom stereocenters. The fourth-order valence-electron chi connectivity index (χ4n) is 3.00. The highest BCUT2D eigenvalue weighted by Crippen LogP contribution is 2.39. The molecular weight excluding hydrogens is 318 g/mol. The maximum atomic E-state index is 11.9. The number of nitrogens with one attached hydrogen (secondary N) is 1. The van der Waals surface area contributed by atoms with Gasteiger partial charge in [-0.2, -0.15) is 5.48 Å². The average molecular weight is 345 g/mol. The molecule has 136 valence electrons. The fourth-order valence-corrected chi connectivity index (χ4v) is 3.00. The molecule has 0 bridgehead atoms. The van der Waals surface area contributed by atoms with Crippen molar-refractivity contribution in [2.24, 2.45) is 11.3 Å². The summed E-state index contributed by atoms with van der Waals surface area (Å²) in [5.74, 6) is 0.211. The zero-order valence-electron chi connectivity index (χ0n) is 15.2. The molecule has 1 aliphatic carbocycles. The predicted molar refractivity (Wildman–Crippen MR) is 96.6 cm³/mol. The van der Waals surface area contributed by atoms with Gasteiger partial charge in [-0.25, -0.2) is 4.79 Å². The van der Waals surface area contributed by atoms with Gasteiger partial charge in [-0.05, 0) is 60.8 Å². The molecule has 0 unspecified atom stereocenters. The molecular formula is C20H27NO4. The van der Waals surface area contributed by atoms with E-state index in [9.17, 15) is 9.59 Å². The third kappa shape index (κ3) is 6.61. The van der Waals surface area contributed by atoms with Gasteiger partial charge < -0.3 is 9.57 Å². The Labute approximate surface area is 149 Å². The molecule has 0 aliphatic heterocycles. The van der Waals surface area contributed by atoms with Crippen molar-refractivity contribution in [2.45, 2.75) is 46.0 Å². The van der Waals surface area contributed by atoms with E-state index in [4.69, 9.17) is 9.57 Å². The van der Waals surface area contributed by atoms with Crippen molar-refractivity contribution in [1.82, 2.24) is 5.48 Å². The fraction of sp³-hybridized carbons (Fsp3) is 0.500. The second kappa shape index (κ2) is 8.70. The predicted octanol–water partition coefficient (Wildman–Crippen LogP) is 3.89. The topological polar surface area (TPSA) is 64.6 Å². The van der Waals surface area contributed by atoms with Gasteiger partial charge in [-0.3, -0.25) is 4.79 Å². The summed E-state index contributed by atoms with van der Waals surface area (Å²) in [6, 6.07) is 7.32. The lowest BCUT2D eigenvalue weighted by Gasteiger charge is -2.33. The van der Waals surface area contributed by atoms with E-state index >= 15 is 0 Å². The number of ether oxygens (including phenoxy) is 1. The summed E-state index contributed by atoms with van der Waals surface area (Å²) in [6.45, 7) is 4.52. The number of rotatable bonds is 5. The summed E-state index contributed by atoms with van der Waals surface area (Å²) in [5.41, 5.74) is 3.38. The summed E-state index contributed by atoms with van der Waals surface area (Å²) in [4.78, 5) is 28.5. The molecule has 1 N–H and O–H groups in total. The van der Waals surface area contributed by atoms with Crippen LogP contribution in [0.15, 0.2) is 30.3 Å². The summed E-state index contributed by atoms with van der Waals surface area (Å²) in [5, 5.41) is 0. The quantitative estimate of drug-likeness (QED) is 0.649. The number of hydrogen-bond donors (Lipinski definition) is 1. The van der Waals surface area contributed by atoms with Gasteiger partial charge in [-0.15, -0.1) is 0 Å². The molecule has 1 saturated carbocycles. The summed E-state index contributed by atoms with van der Waals surface area (Å²) >= 11 is 0. The van der Waals surface area contributed by atoms with E-state index < -0.39 is 5.91 Å². The van der Waals surface area contributed by atoms with Crippen molar-refractivity contribution in [3.63, 3.8) is 0 Å². The molecule has 0 saturated heterocycles. The van der Waals surface area contributed by atoms with Crippen molar-refractivity contribution < 1.29 is 19.2 Å². The number of carbonyl (C=O) groups is 2. The zero-order valence-corrected chi connectivity index (χ0v) is 15.2. The van der Waals surface area contributed by atoms with E-state index in [1.165, 1.54) is 6.08 Å². The summed E-state index contributed by atoms with van der Waals surface area (Å²) in [7, 11) is 1.59. The van der Waals surface area contributed by atoms with E-state index in [2.05, 4.69) is 19.3 Å². The van der Waals surface area contributed by atoms with Crippen LogP contribution < -0.4 is 10.2 Å². The normalized spacial score (nSPS) is 17.2. The van der Waals surface area contributed by atoms with Crippen LogP contribution in [0.3, 0.4) is 0 Å². The Bertz CT molecular complexity index is 626. The van der Waals surface area contributed by atoms with Crippen LogP contribution >= 0.6 is 0 Å². The third-order valence-electron chi connectivity index (χ3n) is 4.70. The first-order valence-corrected chi connectivity index (χ1v) is 8.70. The van der Waals surface area contributed by atoms with Crippen LogP contribution in [0.4, 0.5) is 0 Å². The lowest BCUT2D eigenvalue weighted by atomic mass is 9.72. The van der Waals surface area contributed by atoms with Crippen molar-refractivity contribution in [3.8, 4) is 5.75 Å². The minimum atomic E-state index is -0.471. The van der Waals surface area contributed by atoms with E-state index in [0.29, 0.717) is 23.5 Å². The number of carbonyl (C=O) groups excluding carboxylic acids is 2. The van der Waals surface area contributed by atoms with Crippen LogP contribution in [0.25, 0.3) is 6.08 Å². The second-order valence-corrected chi connectivity index (χ2v) is 7.36. The number of methoxy groups -OCH3 is 1. The molecule has 25 heavy (non-hydrogen) atoms. The van der Waals surface area contributed by atoms with Crippen LogP contribution in [0.2, 0.25) is 0 Å². The monoisotopic (exact) mass is 345 g/mol. The van der Waals surface area contributed by atoms with Crippen LogP contribution in [0, 0.1) is 11.3 Å². The number of amides is 1. The zero-order chi connectivity index (χ0) is 18.3. The molecule has 1 aliphatic rings. The Kier molecular flexibility index (Phi) is 6.62. The largest absolute Gasteiger partial charge is 0.497 e. The van der Waals surface area contributed by atoms with Gasteiger partial charge in [-0.1, -0.05) is 26.0 Å². The van der Waals surface area contributed by atoms with Crippen LogP contribution in [-0.2, 0) is 14.4 Å². The molecule has 1 fully saturated rings. The lowest BCUT2D eigenvalue weighted by Crippen LogP contribution is -2.28. The van der Waals surface area contributed by atoms with Gasteiger partial charge in [0.15, 0.2) is 0 Å². The molecule has 1 amide bonds. The molecule has 0 heterocycles. The average Bonchev–Trinajstić information content (AvgIpc) is 2.60. The molecule has 1 aromatic rings. The highest BCUT2D eigenvalue weighted by atomic mass is 16.7. The minimum absolute atomic E-state index is 0.352. The smallest absolute Gasteiger partial charge is 0.332 e. The first-order chi connectivity index (χ1) is 11.9. The van der Waals surface area contributed by atoms with E-state index in [-0.39, 0.29) is 5.97 Å². The minimum Gasteiger partial charge on any atom is -0.497 e. The molecule has 2 rings (SSSR count). The number of hydrogen-bond acceptors (Lipinski definition) is 4. The van der Waals surface area contributed by atoms with Crippen LogP contribution in [0.5, 0.6) is 5.75 Å². The van der Waals surface area contributed by atoms with E-state index in [1.54, 1.807) is 19.3 Å². The van der Waals surface area contributed by atoms with Crippen molar-refractivity contribution in [3.05, 3.63) is 35.9 Å². The molecule has 5 heteroatoms. The Morgan fingerprint density at radius 1 is 1.28 bits per heavy atom. The first kappa shape index (κ1) is 19.0. The highest BCUT2D eigenvalue weighted by molar-refractivity contribution is 5.91. The lowest BCUT2D eigenvalue weighted by molar-refractivity contribution is -0.157. The standard InChI is InChI=1S/C20H27NO4/c1-20(2)11-9-16(10-12-20)14-19(23)25-21-18(22)8-7-15-5-4-6-17(13-15)24-3/h4-8,13,16H,9-12,14H2,1-3H3,(H,21,22)/b8-7+. The summed E-state index contributed by atoms with van der Waals surface area (Å²) in [6.07, 6.45) is 7.63. The maximum absolute atomic E-state index is 11.9. The van der Waals surface area contributed by atoms with Gasteiger partial charge in [0, 0.05) is 6.08 Å². The molecule has 5 nitrogen and oxygen atoms in total. The maximum Gasteiger partial charge on any atom is 0.332 e. The van der Waals surface area contributed by atoms with Gasteiger partial charge in [0.2, 0.25) is 0 Å². The van der Waals surface area contributed by atoms with Gasteiger partial charge in [0.1, 0.15) is 5.75 Å². The number of hydroxylamine groups is 1. The van der Waals surface area contributed by atoms with Crippen LogP contribution in [0.1, 0.15) is 51.5 Å². The van der Waals surface area contributed by atoms with Gasteiger partial charge in [0.25, 0.3) is 5.91 Å². The van der Waals surface area contributed by atoms with Gasteiger partial charge in [0.05, 0.1) is 13.5 Å².